The van der Waals surface area contributed by atoms with E-state index in [2.05, 4.69) is 15.4 Å². The zero-order valence-corrected chi connectivity index (χ0v) is 22.9. The molecule has 38 heavy (non-hydrogen) atoms. The van der Waals surface area contributed by atoms with Gasteiger partial charge in [0.2, 0.25) is 11.8 Å². The fraction of sp³-hybridized carbons (Fsp3) is 0.464. The van der Waals surface area contributed by atoms with Crippen LogP contribution in [-0.4, -0.2) is 39.3 Å². The van der Waals surface area contributed by atoms with E-state index >= 15 is 0 Å². The maximum Gasteiger partial charge on any atom is 0.408 e. The van der Waals surface area contributed by atoms with E-state index in [-0.39, 0.29) is 6.42 Å². The van der Waals surface area contributed by atoms with Crippen LogP contribution in [0.15, 0.2) is 47.4 Å². The molecule has 1 aliphatic carbocycles. The number of ether oxygens (including phenoxy) is 1. The highest BCUT2D eigenvalue weighted by molar-refractivity contribution is 7.83. The molecule has 3 amide bonds. The highest BCUT2D eigenvalue weighted by atomic mass is 32.2. The van der Waals surface area contributed by atoms with Gasteiger partial charge in [-0.2, -0.15) is 0 Å². The summed E-state index contributed by atoms with van der Waals surface area (Å²) in [5.74, 6) is -1.07. The van der Waals surface area contributed by atoms with Crippen molar-refractivity contribution in [3.05, 3.63) is 53.6 Å². The summed E-state index contributed by atoms with van der Waals surface area (Å²) >= 11 is 0. The fourth-order valence-corrected chi connectivity index (χ4v) is 5.95. The Hall–Kier alpha value is -3.24. The topological polar surface area (TPSA) is 140 Å². The molecule has 2 aromatic rings. The number of alkyl carbamates (subject to hydrolysis) is 1. The second-order valence-electron chi connectivity index (χ2n) is 11.0. The van der Waals surface area contributed by atoms with Gasteiger partial charge in [-0.3, -0.25) is 9.59 Å². The van der Waals surface area contributed by atoms with Gasteiger partial charge in [0, 0.05) is 13.0 Å². The molecule has 1 unspecified atom stereocenters. The van der Waals surface area contributed by atoms with Gasteiger partial charge in [0.05, 0.1) is 4.90 Å². The Kier molecular flexibility index (Phi) is 8.22. The predicted octanol–water partition coefficient (Wildman–Crippen LogP) is 3.22. The van der Waals surface area contributed by atoms with Crippen LogP contribution >= 0.6 is 0 Å². The summed E-state index contributed by atoms with van der Waals surface area (Å²) in [7, 11) is -1.15. The molecular formula is C28H36N4O5S. The van der Waals surface area contributed by atoms with Gasteiger partial charge in [-0.25, -0.2) is 13.7 Å². The third kappa shape index (κ3) is 6.60. The average Bonchev–Trinajstić information content (AvgIpc) is 3.23. The van der Waals surface area contributed by atoms with Crippen LogP contribution in [0.3, 0.4) is 0 Å². The van der Waals surface area contributed by atoms with E-state index in [1.807, 2.05) is 42.5 Å². The lowest BCUT2D eigenvalue weighted by Gasteiger charge is -2.37. The Morgan fingerprint density at radius 2 is 1.71 bits per heavy atom. The average molecular weight is 541 g/mol. The molecule has 0 spiro atoms. The number of benzene rings is 2. The molecule has 1 saturated carbocycles. The normalized spacial score (nSPS) is 19.2. The van der Waals surface area contributed by atoms with E-state index in [1.54, 1.807) is 20.8 Å². The lowest BCUT2D eigenvalue weighted by molar-refractivity contribution is -0.133. The number of hydrogen-bond donors (Lipinski definition) is 4. The van der Waals surface area contributed by atoms with Gasteiger partial charge in [-0.15, -0.1) is 0 Å². The lowest BCUT2D eigenvalue weighted by Crippen LogP contribution is -2.63. The molecule has 1 fully saturated rings. The molecule has 1 heterocycles. The summed E-state index contributed by atoms with van der Waals surface area (Å²) in [6, 6.07) is 12.6. The minimum atomic E-state index is -1.15. The minimum Gasteiger partial charge on any atom is -0.444 e. The Labute approximate surface area is 225 Å². The summed E-state index contributed by atoms with van der Waals surface area (Å²) in [5, 5.41) is 5.60. The fourth-order valence-electron chi connectivity index (χ4n) is 4.95. The number of primary amides is 1. The number of fused-ring (bicyclic) bond motifs is 1. The van der Waals surface area contributed by atoms with E-state index in [4.69, 9.17) is 10.5 Å². The van der Waals surface area contributed by atoms with Gasteiger partial charge in [0.25, 0.3) is 0 Å². The number of amides is 3. The van der Waals surface area contributed by atoms with Gasteiger partial charge >= 0.3 is 6.09 Å². The van der Waals surface area contributed by atoms with Gasteiger partial charge < -0.3 is 21.1 Å². The lowest BCUT2D eigenvalue weighted by atomic mass is 9.80. The van der Waals surface area contributed by atoms with Crippen molar-refractivity contribution in [2.24, 2.45) is 5.73 Å². The summed E-state index contributed by atoms with van der Waals surface area (Å²) in [5.41, 5.74) is 7.66. The smallest absolute Gasteiger partial charge is 0.408 e. The van der Waals surface area contributed by atoms with E-state index in [0.717, 1.165) is 46.4 Å². The zero-order chi connectivity index (χ0) is 27.5. The van der Waals surface area contributed by atoms with Crippen LogP contribution in [0.4, 0.5) is 4.79 Å². The van der Waals surface area contributed by atoms with Crippen molar-refractivity contribution in [2.75, 3.05) is 0 Å². The Morgan fingerprint density at radius 1 is 1.05 bits per heavy atom. The maximum absolute atomic E-state index is 13.5. The highest BCUT2D eigenvalue weighted by Crippen LogP contribution is 2.30. The Morgan fingerprint density at radius 3 is 2.34 bits per heavy atom. The van der Waals surface area contributed by atoms with E-state index in [9.17, 15) is 18.6 Å². The number of nitrogens with one attached hydrogen (secondary N) is 3. The molecular weight excluding hydrogens is 504 g/mol. The van der Waals surface area contributed by atoms with Crippen LogP contribution < -0.4 is 21.1 Å². The minimum absolute atomic E-state index is 0.219. The second-order valence-corrected chi connectivity index (χ2v) is 12.3. The number of carbonyl (C=O) groups excluding carboxylic acids is 3. The largest absolute Gasteiger partial charge is 0.444 e. The van der Waals surface area contributed by atoms with Crippen LogP contribution in [0.1, 0.15) is 64.0 Å². The first kappa shape index (κ1) is 27.8. The Bertz CT molecular complexity index is 1230. The molecule has 0 radical (unpaired) electrons. The monoisotopic (exact) mass is 540 g/mol. The predicted molar refractivity (Wildman–Crippen MR) is 145 cm³/mol. The molecule has 2 atom stereocenters. The van der Waals surface area contributed by atoms with Crippen molar-refractivity contribution in [1.82, 2.24) is 15.4 Å². The molecule has 5 N–H and O–H groups in total. The standard InChI is InChI=1S/C28H36N4O5S/c1-27(2,3)37-26(35)32-28(13-5-4-6-14-28)25(34)31-22(24(29)33)15-18-7-9-19(10-8-18)20-11-12-23-21(16-20)17-30-38(23)36/h7-12,16,22,30H,4-6,13-15,17H2,1-3H3,(H2,29,33)(H,31,34)(H,32,35)/t22-,38?/m0/s1. The van der Waals surface area contributed by atoms with Crippen LogP contribution in [0, 0.1) is 0 Å². The summed E-state index contributed by atoms with van der Waals surface area (Å²) in [6.07, 6.45) is 3.01. The molecule has 2 aromatic carbocycles. The first-order valence-electron chi connectivity index (χ1n) is 12.9. The van der Waals surface area contributed by atoms with Crippen molar-refractivity contribution in [3.8, 4) is 11.1 Å². The van der Waals surface area contributed by atoms with E-state index in [1.165, 1.54) is 0 Å². The van der Waals surface area contributed by atoms with E-state index in [0.29, 0.717) is 19.4 Å². The van der Waals surface area contributed by atoms with E-state index < -0.39 is 46.1 Å². The van der Waals surface area contributed by atoms with Crippen LogP contribution in [-0.2, 0) is 38.3 Å². The van der Waals surface area contributed by atoms with Gasteiger partial charge in [-0.1, -0.05) is 49.6 Å². The third-order valence-corrected chi connectivity index (χ3v) is 8.12. The third-order valence-electron chi connectivity index (χ3n) is 6.91. The van der Waals surface area contributed by atoms with Crippen molar-refractivity contribution in [2.45, 2.75) is 87.9 Å². The van der Waals surface area contributed by atoms with Crippen LogP contribution in [0.25, 0.3) is 11.1 Å². The second kappa shape index (κ2) is 11.2. The number of nitrogens with two attached hydrogens (primary N) is 1. The van der Waals surface area contributed by atoms with Gasteiger partial charge in [-0.05, 0) is 68.0 Å². The van der Waals surface area contributed by atoms with Crippen molar-refractivity contribution in [3.63, 3.8) is 0 Å². The molecule has 1 aliphatic heterocycles. The quantitative estimate of drug-likeness (QED) is 0.427. The molecule has 9 nitrogen and oxygen atoms in total. The SMILES string of the molecule is CC(C)(C)OC(=O)NC1(C(=O)N[C@@H](Cc2ccc(-c3ccc4c(c3)CNS4=O)cc2)C(N)=O)CCCCC1. The highest BCUT2D eigenvalue weighted by Gasteiger charge is 2.43. The molecule has 4 rings (SSSR count). The summed E-state index contributed by atoms with van der Waals surface area (Å²) in [4.78, 5) is 39.1. The first-order chi connectivity index (χ1) is 18.0. The zero-order valence-electron chi connectivity index (χ0n) is 22.1. The van der Waals surface area contributed by atoms with Crippen molar-refractivity contribution >= 4 is 28.9 Å². The number of carbonyl (C=O) groups is 3. The maximum atomic E-state index is 13.5. The molecule has 10 heteroatoms. The number of rotatable bonds is 7. The molecule has 0 aromatic heterocycles. The van der Waals surface area contributed by atoms with Gasteiger partial charge in [0.1, 0.15) is 28.2 Å². The molecule has 2 aliphatic rings. The molecule has 0 saturated heterocycles. The van der Waals surface area contributed by atoms with Crippen LogP contribution in [0.2, 0.25) is 0 Å². The first-order valence-corrected chi connectivity index (χ1v) is 14.1. The molecule has 204 valence electrons. The van der Waals surface area contributed by atoms with Crippen molar-refractivity contribution < 1.29 is 23.3 Å². The van der Waals surface area contributed by atoms with Gasteiger partial charge in [0.15, 0.2) is 0 Å². The molecule has 0 bridgehead atoms. The number of hydrogen-bond acceptors (Lipinski definition) is 5. The van der Waals surface area contributed by atoms with Crippen LogP contribution in [0.5, 0.6) is 0 Å². The summed E-state index contributed by atoms with van der Waals surface area (Å²) in [6.45, 7) is 5.85. The van der Waals surface area contributed by atoms with Crippen molar-refractivity contribution in [1.29, 1.82) is 0 Å². The Balaban J connectivity index is 1.45. The summed E-state index contributed by atoms with van der Waals surface area (Å²) < 4.78 is 20.3.